The molecule has 0 aliphatic rings. The number of rotatable bonds is 9. The molecule has 0 amide bonds. The van der Waals surface area contributed by atoms with Crippen LogP contribution in [0.2, 0.25) is 0 Å². The van der Waals surface area contributed by atoms with E-state index >= 15 is 0 Å². The molecule has 0 saturated carbocycles. The number of aromatic nitrogens is 2. The highest BCUT2D eigenvalue weighted by molar-refractivity contribution is 7.17. The molecule has 0 spiro atoms. The first-order valence-electron chi connectivity index (χ1n) is 8.15. The van der Waals surface area contributed by atoms with Crippen molar-refractivity contribution >= 4 is 27.4 Å². The van der Waals surface area contributed by atoms with Crippen LogP contribution < -0.4 is 14.8 Å². The summed E-state index contributed by atoms with van der Waals surface area (Å²) in [5.41, 5.74) is 2.04. The van der Waals surface area contributed by atoms with Gasteiger partial charge in [0.2, 0.25) is 0 Å². The molecule has 0 radical (unpaired) electrons. The van der Waals surface area contributed by atoms with E-state index in [4.69, 9.17) is 19.3 Å². The van der Waals surface area contributed by atoms with E-state index in [-0.39, 0.29) is 6.61 Å². The molecule has 3 aromatic rings. The number of hydrogen-bond donors (Lipinski definition) is 2. The van der Waals surface area contributed by atoms with Crippen molar-refractivity contribution < 1.29 is 19.3 Å². The van der Waals surface area contributed by atoms with Crippen LogP contribution in [0.4, 0.5) is 5.82 Å². The molecule has 0 fully saturated rings. The molecule has 3 rings (SSSR count). The average molecular weight is 375 g/mol. The van der Waals surface area contributed by atoms with Crippen LogP contribution in [0.1, 0.15) is 0 Å². The molecule has 0 aliphatic carbocycles. The Morgan fingerprint density at radius 2 is 1.96 bits per heavy atom. The molecular formula is C18H21N3O4S. The lowest BCUT2D eigenvalue weighted by Crippen LogP contribution is -2.12. The van der Waals surface area contributed by atoms with Crippen LogP contribution in [0.3, 0.4) is 0 Å². The van der Waals surface area contributed by atoms with E-state index in [1.165, 1.54) is 0 Å². The molecule has 138 valence electrons. The number of aliphatic hydroxyl groups excluding tert-OH is 1. The summed E-state index contributed by atoms with van der Waals surface area (Å²) in [6.07, 6.45) is 1.55. The van der Waals surface area contributed by atoms with Gasteiger partial charge in [-0.3, -0.25) is 0 Å². The highest BCUT2D eigenvalue weighted by Gasteiger charge is 2.15. The number of methoxy groups -OCH3 is 2. The summed E-state index contributed by atoms with van der Waals surface area (Å²) in [7, 11) is 3.24. The highest BCUT2D eigenvalue weighted by Crippen LogP contribution is 2.39. The summed E-state index contributed by atoms with van der Waals surface area (Å²) in [4.78, 5) is 9.66. The minimum Gasteiger partial charge on any atom is -0.493 e. The van der Waals surface area contributed by atoms with E-state index in [0.29, 0.717) is 31.3 Å². The molecule has 0 atom stereocenters. The number of thiophene rings is 1. The summed E-state index contributed by atoms with van der Waals surface area (Å²) in [5.74, 6) is 2.12. The largest absolute Gasteiger partial charge is 0.493 e. The van der Waals surface area contributed by atoms with Crippen molar-refractivity contribution in [2.75, 3.05) is 45.9 Å². The van der Waals surface area contributed by atoms with E-state index < -0.39 is 0 Å². The van der Waals surface area contributed by atoms with Crippen molar-refractivity contribution in [1.29, 1.82) is 0 Å². The molecule has 26 heavy (non-hydrogen) atoms. The maximum absolute atomic E-state index is 8.75. The van der Waals surface area contributed by atoms with Gasteiger partial charge in [-0.25, -0.2) is 9.97 Å². The summed E-state index contributed by atoms with van der Waals surface area (Å²) in [6, 6.07) is 5.82. The molecular weight excluding hydrogens is 354 g/mol. The Kier molecular flexibility index (Phi) is 6.21. The summed E-state index contributed by atoms with van der Waals surface area (Å²) < 4.78 is 16.0. The predicted octanol–water partition coefficient (Wildman–Crippen LogP) is 2.80. The van der Waals surface area contributed by atoms with Crippen LogP contribution >= 0.6 is 11.3 Å². The third kappa shape index (κ3) is 3.87. The van der Waals surface area contributed by atoms with Crippen molar-refractivity contribution in [3.63, 3.8) is 0 Å². The fraction of sp³-hybridized carbons (Fsp3) is 0.333. The van der Waals surface area contributed by atoms with Crippen molar-refractivity contribution in [1.82, 2.24) is 9.97 Å². The number of fused-ring (bicyclic) bond motifs is 1. The monoisotopic (exact) mass is 375 g/mol. The van der Waals surface area contributed by atoms with Gasteiger partial charge < -0.3 is 24.6 Å². The molecule has 7 nitrogen and oxygen atoms in total. The second-order valence-corrected chi connectivity index (χ2v) is 6.24. The molecule has 2 aromatic heterocycles. The summed E-state index contributed by atoms with van der Waals surface area (Å²) in [5, 5.41) is 15.1. The Morgan fingerprint density at radius 3 is 2.73 bits per heavy atom. The van der Waals surface area contributed by atoms with E-state index in [1.54, 1.807) is 31.9 Å². The first kappa shape index (κ1) is 18.4. The lowest BCUT2D eigenvalue weighted by Gasteiger charge is -2.11. The number of nitrogens with one attached hydrogen (secondary N) is 1. The van der Waals surface area contributed by atoms with Gasteiger partial charge in [0.25, 0.3) is 0 Å². The SMILES string of the molecule is COc1ccc(-c2csc3ncnc(NCCOCCO)c23)cc1OC. The van der Waals surface area contributed by atoms with Crippen LogP contribution in [-0.4, -0.2) is 55.7 Å². The zero-order valence-corrected chi connectivity index (χ0v) is 15.5. The Bertz CT molecular complexity index is 869. The number of ether oxygens (including phenoxy) is 3. The summed E-state index contributed by atoms with van der Waals surface area (Å²) in [6.45, 7) is 1.43. The first-order valence-corrected chi connectivity index (χ1v) is 9.03. The molecule has 0 bridgehead atoms. The number of nitrogens with zero attached hydrogens (tertiary/aromatic N) is 2. The first-order chi connectivity index (χ1) is 12.8. The van der Waals surface area contributed by atoms with Crippen molar-refractivity contribution in [3.8, 4) is 22.6 Å². The van der Waals surface area contributed by atoms with Crippen molar-refractivity contribution in [3.05, 3.63) is 29.9 Å². The normalized spacial score (nSPS) is 10.9. The van der Waals surface area contributed by atoms with Crippen LogP contribution in [-0.2, 0) is 4.74 Å². The van der Waals surface area contributed by atoms with Gasteiger partial charge in [0, 0.05) is 17.5 Å². The maximum Gasteiger partial charge on any atom is 0.161 e. The fourth-order valence-electron chi connectivity index (χ4n) is 2.63. The van der Waals surface area contributed by atoms with E-state index in [1.807, 2.05) is 18.2 Å². The molecule has 1 aromatic carbocycles. The minimum absolute atomic E-state index is 0.0196. The van der Waals surface area contributed by atoms with Gasteiger partial charge in [-0.05, 0) is 17.7 Å². The fourth-order valence-corrected chi connectivity index (χ4v) is 3.55. The molecule has 0 aliphatic heterocycles. The third-order valence-electron chi connectivity index (χ3n) is 3.84. The van der Waals surface area contributed by atoms with Crippen LogP contribution in [0, 0.1) is 0 Å². The molecule has 8 heteroatoms. The molecule has 2 heterocycles. The van der Waals surface area contributed by atoms with Gasteiger partial charge in [-0.15, -0.1) is 11.3 Å². The van der Waals surface area contributed by atoms with Gasteiger partial charge in [0.1, 0.15) is 17.0 Å². The Balaban J connectivity index is 1.92. The Morgan fingerprint density at radius 1 is 1.12 bits per heavy atom. The molecule has 0 saturated heterocycles. The Hall–Kier alpha value is -2.42. The quantitative estimate of drug-likeness (QED) is 0.556. The topological polar surface area (TPSA) is 85.7 Å². The van der Waals surface area contributed by atoms with Crippen LogP contribution in [0.5, 0.6) is 11.5 Å². The standard InChI is InChI=1S/C18H21N3O4S/c1-23-14-4-3-12(9-15(14)24-2)13-10-26-18-16(13)17(20-11-21-18)19-5-7-25-8-6-22/h3-4,9-11,22H,5-8H2,1-2H3,(H,19,20,21). The lowest BCUT2D eigenvalue weighted by atomic mass is 10.1. The maximum atomic E-state index is 8.75. The van der Waals surface area contributed by atoms with Crippen molar-refractivity contribution in [2.24, 2.45) is 0 Å². The Labute approximate surface area is 155 Å². The van der Waals surface area contributed by atoms with Gasteiger partial charge in [-0.1, -0.05) is 6.07 Å². The van der Waals surface area contributed by atoms with Gasteiger partial charge in [0.15, 0.2) is 11.5 Å². The van der Waals surface area contributed by atoms with Crippen LogP contribution in [0.25, 0.3) is 21.3 Å². The second kappa shape index (κ2) is 8.79. The zero-order chi connectivity index (χ0) is 18.4. The predicted molar refractivity (Wildman–Crippen MR) is 102 cm³/mol. The summed E-state index contributed by atoms with van der Waals surface area (Å²) >= 11 is 1.57. The highest BCUT2D eigenvalue weighted by atomic mass is 32.1. The van der Waals surface area contributed by atoms with Crippen LogP contribution in [0.15, 0.2) is 29.9 Å². The number of benzene rings is 1. The van der Waals surface area contributed by atoms with Gasteiger partial charge >= 0.3 is 0 Å². The van der Waals surface area contributed by atoms with Gasteiger partial charge in [-0.2, -0.15) is 0 Å². The minimum atomic E-state index is 0.0196. The molecule has 0 unspecified atom stereocenters. The molecule has 2 N–H and O–H groups in total. The zero-order valence-electron chi connectivity index (χ0n) is 14.7. The number of aliphatic hydroxyl groups is 1. The van der Waals surface area contributed by atoms with Gasteiger partial charge in [0.05, 0.1) is 39.4 Å². The van der Waals surface area contributed by atoms with E-state index in [2.05, 4.69) is 20.7 Å². The van der Waals surface area contributed by atoms with E-state index in [9.17, 15) is 0 Å². The smallest absolute Gasteiger partial charge is 0.161 e. The number of anilines is 1. The third-order valence-corrected chi connectivity index (χ3v) is 4.73. The van der Waals surface area contributed by atoms with Crippen molar-refractivity contribution in [2.45, 2.75) is 0 Å². The number of hydrogen-bond acceptors (Lipinski definition) is 8. The second-order valence-electron chi connectivity index (χ2n) is 5.38. The average Bonchev–Trinajstić information content (AvgIpc) is 3.12. The van der Waals surface area contributed by atoms with E-state index in [0.717, 1.165) is 27.2 Å². The lowest BCUT2D eigenvalue weighted by molar-refractivity contribution is 0.0992.